The monoisotopic (exact) mass is 377 g/mol. The molecule has 1 atom stereocenters. The standard InChI is InChI=1S/C26H35NO/c1-26(28-21-23-10-4-2-5-11-23)18-8-9-19-27(26)20-22-14-16-25(17-15-22)24-12-6-3-7-13-24/h2-7,10-13,22,25H,8-9,14-21H2,1H3. The van der Waals surface area contributed by atoms with Crippen molar-refractivity contribution in [3.8, 4) is 0 Å². The highest BCUT2D eigenvalue weighted by Gasteiger charge is 2.37. The lowest BCUT2D eigenvalue weighted by molar-refractivity contribution is -0.175. The maximum absolute atomic E-state index is 6.53. The third kappa shape index (κ3) is 4.85. The van der Waals surface area contributed by atoms with Crippen LogP contribution in [-0.2, 0) is 11.3 Å². The zero-order valence-electron chi connectivity index (χ0n) is 17.4. The maximum atomic E-state index is 6.53. The van der Waals surface area contributed by atoms with Gasteiger partial charge >= 0.3 is 0 Å². The fourth-order valence-corrected chi connectivity index (χ4v) is 5.13. The number of ether oxygens (including phenoxy) is 1. The molecule has 1 aliphatic heterocycles. The highest BCUT2D eigenvalue weighted by atomic mass is 16.5. The van der Waals surface area contributed by atoms with Gasteiger partial charge in [-0.15, -0.1) is 0 Å². The molecule has 4 rings (SSSR count). The minimum Gasteiger partial charge on any atom is -0.356 e. The van der Waals surface area contributed by atoms with Gasteiger partial charge in [0.25, 0.3) is 0 Å². The van der Waals surface area contributed by atoms with E-state index in [2.05, 4.69) is 72.5 Å². The Morgan fingerprint density at radius 1 is 0.893 bits per heavy atom. The molecule has 1 saturated heterocycles. The Labute approximate surface area is 170 Å². The average Bonchev–Trinajstić information content (AvgIpc) is 2.76. The third-order valence-electron chi connectivity index (χ3n) is 6.98. The molecular formula is C26H35NO. The summed E-state index contributed by atoms with van der Waals surface area (Å²) in [6.45, 7) is 5.43. The molecule has 1 heterocycles. The van der Waals surface area contributed by atoms with Crippen LogP contribution < -0.4 is 0 Å². The first-order valence-corrected chi connectivity index (χ1v) is 11.2. The predicted octanol–water partition coefficient (Wildman–Crippen LogP) is 6.38. The Hall–Kier alpha value is -1.64. The number of benzene rings is 2. The lowest BCUT2D eigenvalue weighted by Gasteiger charge is -2.46. The molecule has 150 valence electrons. The van der Waals surface area contributed by atoms with Crippen molar-refractivity contribution in [2.75, 3.05) is 13.1 Å². The van der Waals surface area contributed by atoms with Crippen molar-refractivity contribution in [2.24, 2.45) is 5.92 Å². The molecule has 2 heteroatoms. The number of rotatable bonds is 6. The average molecular weight is 378 g/mol. The van der Waals surface area contributed by atoms with Gasteiger partial charge in [0.15, 0.2) is 0 Å². The second-order valence-electron chi connectivity index (χ2n) is 8.98. The highest BCUT2D eigenvalue weighted by molar-refractivity contribution is 5.20. The molecule has 0 aromatic heterocycles. The Kier molecular flexibility index (Phi) is 6.49. The van der Waals surface area contributed by atoms with Crippen molar-refractivity contribution in [1.29, 1.82) is 0 Å². The molecule has 0 N–H and O–H groups in total. The van der Waals surface area contributed by atoms with Gasteiger partial charge in [0.1, 0.15) is 5.72 Å². The SMILES string of the molecule is CC1(OCc2ccccc2)CCCCN1CC1CCC(c2ccccc2)CC1. The fraction of sp³-hybridized carbons (Fsp3) is 0.538. The molecule has 28 heavy (non-hydrogen) atoms. The van der Waals surface area contributed by atoms with Crippen LogP contribution in [0.1, 0.15) is 68.9 Å². The van der Waals surface area contributed by atoms with Gasteiger partial charge in [-0.05, 0) is 74.8 Å². The van der Waals surface area contributed by atoms with Crippen LogP contribution in [0.3, 0.4) is 0 Å². The van der Waals surface area contributed by atoms with Gasteiger partial charge < -0.3 is 4.74 Å². The number of piperidine rings is 1. The van der Waals surface area contributed by atoms with E-state index >= 15 is 0 Å². The van der Waals surface area contributed by atoms with Gasteiger partial charge in [-0.1, -0.05) is 60.7 Å². The van der Waals surface area contributed by atoms with Gasteiger partial charge in [0.05, 0.1) is 6.61 Å². The van der Waals surface area contributed by atoms with E-state index in [0.717, 1.165) is 18.3 Å². The van der Waals surface area contributed by atoms with Gasteiger partial charge in [-0.25, -0.2) is 0 Å². The van der Waals surface area contributed by atoms with E-state index in [-0.39, 0.29) is 5.72 Å². The van der Waals surface area contributed by atoms with Crippen LogP contribution in [0, 0.1) is 5.92 Å². The first kappa shape index (κ1) is 19.7. The zero-order chi connectivity index (χ0) is 19.2. The van der Waals surface area contributed by atoms with Crippen LogP contribution >= 0.6 is 0 Å². The molecule has 0 spiro atoms. The Bertz CT molecular complexity index is 708. The summed E-state index contributed by atoms with van der Waals surface area (Å²) in [7, 11) is 0. The van der Waals surface area contributed by atoms with Crippen molar-refractivity contribution >= 4 is 0 Å². The number of hydrogen-bond acceptors (Lipinski definition) is 2. The second-order valence-corrected chi connectivity index (χ2v) is 8.98. The Morgan fingerprint density at radius 2 is 1.57 bits per heavy atom. The summed E-state index contributed by atoms with van der Waals surface area (Å²) in [6, 6.07) is 21.7. The van der Waals surface area contributed by atoms with Crippen LogP contribution in [0.5, 0.6) is 0 Å². The molecule has 1 aliphatic carbocycles. The van der Waals surface area contributed by atoms with E-state index in [0.29, 0.717) is 6.61 Å². The smallest absolute Gasteiger partial charge is 0.119 e. The third-order valence-corrected chi connectivity index (χ3v) is 6.98. The molecule has 2 aromatic carbocycles. The van der Waals surface area contributed by atoms with Crippen molar-refractivity contribution in [3.63, 3.8) is 0 Å². The predicted molar refractivity (Wildman–Crippen MR) is 116 cm³/mol. The van der Waals surface area contributed by atoms with Gasteiger partial charge in [0.2, 0.25) is 0 Å². The molecule has 1 unspecified atom stereocenters. The molecule has 2 aromatic rings. The van der Waals surface area contributed by atoms with Crippen LogP contribution in [0.25, 0.3) is 0 Å². The summed E-state index contributed by atoms with van der Waals surface area (Å²) in [6.07, 6.45) is 9.12. The van der Waals surface area contributed by atoms with E-state index in [1.54, 1.807) is 0 Å². The van der Waals surface area contributed by atoms with E-state index < -0.39 is 0 Å². The Balaban J connectivity index is 1.32. The fourth-order valence-electron chi connectivity index (χ4n) is 5.13. The Morgan fingerprint density at radius 3 is 2.29 bits per heavy atom. The molecular weight excluding hydrogens is 342 g/mol. The number of nitrogens with zero attached hydrogens (tertiary/aromatic N) is 1. The van der Waals surface area contributed by atoms with E-state index in [4.69, 9.17) is 4.74 Å². The van der Waals surface area contributed by atoms with Crippen molar-refractivity contribution in [2.45, 2.75) is 70.1 Å². The van der Waals surface area contributed by atoms with Crippen LogP contribution in [0.15, 0.2) is 60.7 Å². The minimum atomic E-state index is -0.107. The van der Waals surface area contributed by atoms with Crippen LogP contribution in [0.2, 0.25) is 0 Å². The van der Waals surface area contributed by atoms with E-state index in [1.807, 2.05) is 0 Å². The molecule has 0 bridgehead atoms. The normalized spacial score (nSPS) is 28.9. The summed E-state index contributed by atoms with van der Waals surface area (Å²) in [5, 5.41) is 0. The first-order chi connectivity index (χ1) is 13.7. The minimum absolute atomic E-state index is 0.107. The largest absolute Gasteiger partial charge is 0.356 e. The molecule has 1 saturated carbocycles. The van der Waals surface area contributed by atoms with Crippen LogP contribution in [0.4, 0.5) is 0 Å². The lowest BCUT2D eigenvalue weighted by atomic mass is 9.78. The van der Waals surface area contributed by atoms with E-state index in [1.165, 1.54) is 62.7 Å². The number of likely N-dealkylation sites (tertiary alicyclic amines) is 1. The molecule has 0 amide bonds. The molecule has 0 radical (unpaired) electrons. The molecule has 2 aliphatic rings. The second kappa shape index (κ2) is 9.24. The maximum Gasteiger partial charge on any atom is 0.119 e. The van der Waals surface area contributed by atoms with Gasteiger partial charge in [-0.3, -0.25) is 4.90 Å². The van der Waals surface area contributed by atoms with E-state index in [9.17, 15) is 0 Å². The summed E-state index contributed by atoms with van der Waals surface area (Å²) < 4.78 is 6.53. The first-order valence-electron chi connectivity index (χ1n) is 11.2. The van der Waals surface area contributed by atoms with Gasteiger partial charge in [-0.2, -0.15) is 0 Å². The zero-order valence-corrected chi connectivity index (χ0v) is 17.4. The summed E-state index contributed by atoms with van der Waals surface area (Å²) in [4.78, 5) is 2.66. The quantitative estimate of drug-likeness (QED) is 0.579. The highest BCUT2D eigenvalue weighted by Crippen LogP contribution is 2.38. The molecule has 2 nitrogen and oxygen atoms in total. The van der Waals surface area contributed by atoms with Crippen LogP contribution in [-0.4, -0.2) is 23.7 Å². The lowest BCUT2D eigenvalue weighted by Crippen LogP contribution is -2.53. The topological polar surface area (TPSA) is 12.5 Å². The summed E-state index contributed by atoms with van der Waals surface area (Å²) in [5.41, 5.74) is 2.71. The molecule has 2 fully saturated rings. The summed E-state index contributed by atoms with van der Waals surface area (Å²) in [5.74, 6) is 1.58. The van der Waals surface area contributed by atoms with Crippen molar-refractivity contribution in [1.82, 2.24) is 4.90 Å². The van der Waals surface area contributed by atoms with Gasteiger partial charge in [0, 0.05) is 13.1 Å². The van der Waals surface area contributed by atoms with Crippen molar-refractivity contribution < 1.29 is 4.74 Å². The van der Waals surface area contributed by atoms with Crippen molar-refractivity contribution in [3.05, 3.63) is 71.8 Å². The number of hydrogen-bond donors (Lipinski definition) is 0. The summed E-state index contributed by atoms with van der Waals surface area (Å²) >= 11 is 0.